The van der Waals surface area contributed by atoms with E-state index in [0.29, 0.717) is 27.2 Å². The molecule has 1 amide bonds. The van der Waals surface area contributed by atoms with E-state index in [1.54, 1.807) is 0 Å². The molecule has 3 nitrogen and oxygen atoms in total. The first-order chi connectivity index (χ1) is 11.1. The Hall–Kier alpha value is -0.290. The molecule has 2 aliphatic rings. The summed E-state index contributed by atoms with van der Waals surface area (Å²) < 4.78 is 1.28. The predicted molar refractivity (Wildman–Crippen MR) is 97.7 cm³/mol. The summed E-state index contributed by atoms with van der Waals surface area (Å²) in [4.78, 5) is 17.3. The Balaban J connectivity index is 1.67. The molecule has 2 heterocycles. The predicted octanol–water partition coefficient (Wildman–Crippen LogP) is 4.46. The zero-order valence-electron chi connectivity index (χ0n) is 13.6. The Labute approximate surface area is 152 Å². The van der Waals surface area contributed by atoms with Gasteiger partial charge >= 0.3 is 0 Å². The molecular weight excluding hydrogens is 351 g/mol. The van der Waals surface area contributed by atoms with Crippen molar-refractivity contribution in [2.75, 3.05) is 20.1 Å². The summed E-state index contributed by atoms with van der Waals surface area (Å²) in [7, 11) is 1.96. The lowest BCUT2D eigenvalue weighted by molar-refractivity contribution is -0.133. The minimum absolute atomic E-state index is 0.150. The lowest BCUT2D eigenvalue weighted by atomic mass is 9.88. The Kier molecular flexibility index (Phi) is 5.89. The van der Waals surface area contributed by atoms with Crippen LogP contribution in [0.5, 0.6) is 0 Å². The van der Waals surface area contributed by atoms with E-state index in [1.165, 1.54) is 56.5 Å². The van der Waals surface area contributed by atoms with E-state index in [1.807, 2.05) is 18.0 Å². The highest BCUT2D eigenvalue weighted by atomic mass is 35.5. The first-order valence-corrected chi connectivity index (χ1v) is 10.1. The number of rotatable bonds is 4. The third-order valence-corrected chi connectivity index (χ3v) is 6.83. The number of carbonyl (C=O) groups excluding carboxylic acids is 1. The van der Waals surface area contributed by atoms with E-state index in [-0.39, 0.29) is 5.91 Å². The number of hydrogen-bond donors (Lipinski definition) is 0. The van der Waals surface area contributed by atoms with Crippen molar-refractivity contribution in [3.05, 3.63) is 20.3 Å². The molecule has 0 aromatic carbocycles. The fourth-order valence-electron chi connectivity index (χ4n) is 4.01. The van der Waals surface area contributed by atoms with Gasteiger partial charge in [0.2, 0.25) is 5.91 Å². The van der Waals surface area contributed by atoms with Crippen molar-refractivity contribution in [2.24, 2.45) is 0 Å². The standard InChI is InChI=1S/C17H24Cl2N2OS/c1-20(16(22)11-12-10-15(18)23-17(12)19)13-6-2-3-7-14(13)21-8-4-5-9-21/h10,13-14H,2-9,11H2,1H3. The van der Waals surface area contributed by atoms with Crippen molar-refractivity contribution < 1.29 is 4.79 Å². The summed E-state index contributed by atoms with van der Waals surface area (Å²) in [5, 5.41) is 0. The second-order valence-corrected chi connectivity index (χ2v) is 8.98. The molecule has 1 aromatic heterocycles. The largest absolute Gasteiger partial charge is 0.341 e. The molecule has 3 rings (SSSR count). The number of likely N-dealkylation sites (tertiary alicyclic amines) is 1. The SMILES string of the molecule is CN(C(=O)Cc1cc(Cl)sc1Cl)C1CCCCC1N1CCCC1. The molecule has 0 spiro atoms. The highest BCUT2D eigenvalue weighted by Crippen LogP contribution is 2.33. The average molecular weight is 375 g/mol. The van der Waals surface area contributed by atoms with Gasteiger partial charge in [0.05, 0.1) is 15.1 Å². The van der Waals surface area contributed by atoms with Gasteiger partial charge < -0.3 is 4.90 Å². The number of nitrogens with zero attached hydrogens (tertiary/aromatic N) is 2. The van der Waals surface area contributed by atoms with Crippen LogP contribution in [0.25, 0.3) is 0 Å². The molecule has 0 radical (unpaired) electrons. The van der Waals surface area contributed by atoms with Gasteiger partial charge in [-0.1, -0.05) is 36.0 Å². The molecule has 6 heteroatoms. The first kappa shape index (κ1) is 17.5. The minimum atomic E-state index is 0.150. The van der Waals surface area contributed by atoms with Crippen LogP contribution in [0.4, 0.5) is 0 Å². The summed E-state index contributed by atoms with van der Waals surface area (Å²) in [6.07, 6.45) is 7.77. The summed E-state index contributed by atoms with van der Waals surface area (Å²) in [5.41, 5.74) is 0.854. The van der Waals surface area contributed by atoms with Gasteiger partial charge in [0.1, 0.15) is 0 Å². The van der Waals surface area contributed by atoms with Crippen LogP contribution in [-0.2, 0) is 11.2 Å². The maximum atomic E-state index is 12.7. The molecule has 23 heavy (non-hydrogen) atoms. The average Bonchev–Trinajstić information content (AvgIpc) is 3.17. The molecule has 1 saturated carbocycles. The zero-order chi connectivity index (χ0) is 16.4. The van der Waals surface area contributed by atoms with Crippen LogP contribution in [0.3, 0.4) is 0 Å². The lowest BCUT2D eigenvalue weighted by Crippen LogP contribution is -2.53. The molecular formula is C17H24Cl2N2OS. The number of likely N-dealkylation sites (N-methyl/N-ethyl adjacent to an activating group) is 1. The van der Waals surface area contributed by atoms with Crippen LogP contribution < -0.4 is 0 Å². The number of carbonyl (C=O) groups is 1. The quantitative estimate of drug-likeness (QED) is 0.776. The van der Waals surface area contributed by atoms with Gasteiger partial charge in [-0.15, -0.1) is 11.3 Å². The van der Waals surface area contributed by atoms with Gasteiger partial charge in [-0.05, 0) is 50.4 Å². The molecule has 2 fully saturated rings. The van der Waals surface area contributed by atoms with Gasteiger partial charge in [0.25, 0.3) is 0 Å². The van der Waals surface area contributed by atoms with E-state index in [2.05, 4.69) is 4.90 Å². The Morgan fingerprint density at radius 3 is 2.61 bits per heavy atom. The molecule has 2 unspecified atom stereocenters. The molecule has 1 aromatic rings. The van der Waals surface area contributed by atoms with Gasteiger partial charge in [-0.25, -0.2) is 0 Å². The first-order valence-electron chi connectivity index (χ1n) is 8.49. The molecule has 2 atom stereocenters. The Bertz CT molecular complexity index is 557. The summed E-state index contributed by atoms with van der Waals surface area (Å²) in [6, 6.07) is 2.68. The van der Waals surface area contributed by atoms with E-state index in [0.717, 1.165) is 12.0 Å². The smallest absolute Gasteiger partial charge is 0.227 e. The van der Waals surface area contributed by atoms with E-state index >= 15 is 0 Å². The maximum absolute atomic E-state index is 12.7. The Morgan fingerprint density at radius 2 is 1.96 bits per heavy atom. The maximum Gasteiger partial charge on any atom is 0.227 e. The van der Waals surface area contributed by atoms with Crippen molar-refractivity contribution in [2.45, 2.75) is 57.0 Å². The molecule has 0 bridgehead atoms. The van der Waals surface area contributed by atoms with Crippen molar-refractivity contribution in [3.63, 3.8) is 0 Å². The second kappa shape index (κ2) is 7.73. The van der Waals surface area contributed by atoms with Crippen LogP contribution in [0, 0.1) is 0 Å². The van der Waals surface area contributed by atoms with Crippen molar-refractivity contribution in [1.29, 1.82) is 0 Å². The normalized spacial score (nSPS) is 25.7. The zero-order valence-corrected chi connectivity index (χ0v) is 15.9. The molecule has 0 N–H and O–H groups in total. The van der Waals surface area contributed by atoms with Crippen LogP contribution in [0.1, 0.15) is 44.1 Å². The fraction of sp³-hybridized carbons (Fsp3) is 0.706. The molecule has 128 valence electrons. The number of amides is 1. The third-order valence-electron chi connectivity index (χ3n) is 5.26. The van der Waals surface area contributed by atoms with Crippen molar-refractivity contribution >= 4 is 40.4 Å². The summed E-state index contributed by atoms with van der Waals surface area (Å²) >= 11 is 13.5. The lowest BCUT2D eigenvalue weighted by Gasteiger charge is -2.42. The summed E-state index contributed by atoms with van der Waals surface area (Å²) in [6.45, 7) is 2.38. The van der Waals surface area contributed by atoms with Gasteiger partial charge in [-0.2, -0.15) is 0 Å². The Morgan fingerprint density at radius 1 is 1.26 bits per heavy atom. The number of hydrogen-bond acceptors (Lipinski definition) is 3. The highest BCUT2D eigenvalue weighted by molar-refractivity contribution is 7.20. The topological polar surface area (TPSA) is 23.6 Å². The third kappa shape index (κ3) is 4.04. The van der Waals surface area contributed by atoms with E-state index < -0.39 is 0 Å². The summed E-state index contributed by atoms with van der Waals surface area (Å²) in [5.74, 6) is 0.150. The van der Waals surface area contributed by atoms with Crippen LogP contribution >= 0.6 is 34.5 Å². The van der Waals surface area contributed by atoms with Gasteiger partial charge in [0, 0.05) is 19.1 Å². The van der Waals surface area contributed by atoms with E-state index in [9.17, 15) is 4.79 Å². The van der Waals surface area contributed by atoms with Crippen molar-refractivity contribution in [3.8, 4) is 0 Å². The minimum Gasteiger partial charge on any atom is -0.341 e. The highest BCUT2D eigenvalue weighted by Gasteiger charge is 2.35. The van der Waals surface area contributed by atoms with Gasteiger partial charge in [0.15, 0.2) is 0 Å². The monoisotopic (exact) mass is 374 g/mol. The van der Waals surface area contributed by atoms with Crippen LogP contribution in [0.2, 0.25) is 8.67 Å². The second-order valence-electron chi connectivity index (χ2n) is 6.69. The van der Waals surface area contributed by atoms with Gasteiger partial charge in [-0.3, -0.25) is 9.69 Å². The van der Waals surface area contributed by atoms with E-state index in [4.69, 9.17) is 23.2 Å². The van der Waals surface area contributed by atoms with Crippen molar-refractivity contribution in [1.82, 2.24) is 9.80 Å². The molecule has 1 saturated heterocycles. The molecule has 1 aliphatic carbocycles. The van der Waals surface area contributed by atoms with Crippen LogP contribution in [0.15, 0.2) is 6.07 Å². The number of halogens is 2. The molecule has 1 aliphatic heterocycles. The number of thiophene rings is 1. The fourth-order valence-corrected chi connectivity index (χ4v) is 5.50. The van der Waals surface area contributed by atoms with Crippen LogP contribution in [-0.4, -0.2) is 47.9 Å².